The van der Waals surface area contributed by atoms with Crippen LogP contribution in [0.4, 0.5) is 0 Å². The summed E-state index contributed by atoms with van der Waals surface area (Å²) in [5.41, 5.74) is 4.44. The van der Waals surface area contributed by atoms with E-state index in [9.17, 15) is 4.79 Å². The van der Waals surface area contributed by atoms with Crippen LogP contribution in [0.5, 0.6) is 0 Å². The number of aromatic nitrogens is 2. The Morgan fingerprint density at radius 3 is 2.65 bits per heavy atom. The number of oxazole rings is 1. The van der Waals surface area contributed by atoms with Crippen molar-refractivity contribution in [3.63, 3.8) is 0 Å². The molecule has 0 unspecified atom stereocenters. The largest absolute Gasteiger partial charge is 0.441 e. The summed E-state index contributed by atoms with van der Waals surface area (Å²) in [5, 5.41) is 2.96. The average Bonchev–Trinajstić information content (AvgIpc) is 3.30. The second kappa shape index (κ2) is 6.88. The van der Waals surface area contributed by atoms with Gasteiger partial charge >= 0.3 is 0 Å². The van der Waals surface area contributed by atoms with Gasteiger partial charge in [-0.05, 0) is 60.5 Å². The third-order valence-electron chi connectivity index (χ3n) is 4.29. The molecule has 2 heterocycles. The Kier molecular flexibility index (Phi) is 4.27. The maximum atomic E-state index is 12.3. The van der Waals surface area contributed by atoms with E-state index in [0.717, 1.165) is 28.8 Å². The van der Waals surface area contributed by atoms with E-state index in [1.165, 1.54) is 0 Å². The van der Waals surface area contributed by atoms with E-state index >= 15 is 0 Å². The van der Waals surface area contributed by atoms with Gasteiger partial charge in [0.15, 0.2) is 11.5 Å². The summed E-state index contributed by atoms with van der Waals surface area (Å²) in [4.78, 5) is 16.6. The first-order valence-electron chi connectivity index (χ1n) is 8.57. The number of hydrogen-bond donors (Lipinski definition) is 1. The Morgan fingerprint density at radius 2 is 1.88 bits per heavy atom. The smallest absolute Gasteiger partial charge is 0.251 e. The zero-order chi connectivity index (χ0) is 17.9. The minimum absolute atomic E-state index is 0.0688. The van der Waals surface area contributed by atoms with Crippen LogP contribution in [0.25, 0.3) is 16.8 Å². The first-order chi connectivity index (χ1) is 12.7. The molecule has 0 fully saturated rings. The maximum Gasteiger partial charge on any atom is 0.251 e. The fraction of sp³-hybridized carbons (Fsp3) is 0.143. The molecular formula is C21H19N3O2. The molecule has 4 aromatic rings. The standard InChI is InChI=1S/C21H19N3O2/c1-15-23-19-9-4-16(14-20(19)26-15)10-11-22-21(25)17-5-7-18(8-6-17)24-12-2-3-13-24/h2-9,12-14H,10-11H2,1H3,(H,22,25). The molecule has 0 atom stereocenters. The van der Waals surface area contributed by atoms with E-state index in [4.69, 9.17) is 4.42 Å². The van der Waals surface area contributed by atoms with E-state index in [2.05, 4.69) is 10.3 Å². The van der Waals surface area contributed by atoms with Crippen molar-refractivity contribution in [2.75, 3.05) is 6.54 Å². The van der Waals surface area contributed by atoms with Crippen LogP contribution in [0.3, 0.4) is 0 Å². The molecule has 1 N–H and O–H groups in total. The number of hydrogen-bond acceptors (Lipinski definition) is 3. The van der Waals surface area contributed by atoms with Crippen LogP contribution in [0, 0.1) is 6.92 Å². The molecule has 0 saturated carbocycles. The molecule has 5 heteroatoms. The Labute approximate surface area is 151 Å². The van der Waals surface area contributed by atoms with Crippen LogP contribution >= 0.6 is 0 Å². The van der Waals surface area contributed by atoms with Crippen molar-refractivity contribution in [1.29, 1.82) is 0 Å². The van der Waals surface area contributed by atoms with Crippen LogP contribution < -0.4 is 5.32 Å². The first-order valence-corrected chi connectivity index (χ1v) is 8.57. The average molecular weight is 345 g/mol. The van der Waals surface area contributed by atoms with Crippen molar-refractivity contribution >= 4 is 17.0 Å². The van der Waals surface area contributed by atoms with Crippen molar-refractivity contribution in [2.45, 2.75) is 13.3 Å². The Bertz CT molecular complexity index is 1030. The second-order valence-corrected chi connectivity index (χ2v) is 6.18. The fourth-order valence-electron chi connectivity index (χ4n) is 2.95. The molecule has 0 aliphatic rings. The molecule has 0 aliphatic carbocycles. The molecule has 2 aromatic heterocycles. The van der Waals surface area contributed by atoms with Crippen LogP contribution in [0.1, 0.15) is 21.8 Å². The van der Waals surface area contributed by atoms with Gasteiger partial charge in [0.2, 0.25) is 0 Å². The lowest BCUT2D eigenvalue weighted by Crippen LogP contribution is -2.25. The van der Waals surface area contributed by atoms with Crippen LogP contribution in [-0.2, 0) is 6.42 Å². The van der Waals surface area contributed by atoms with E-state index in [-0.39, 0.29) is 5.91 Å². The number of carbonyl (C=O) groups is 1. The van der Waals surface area contributed by atoms with Gasteiger partial charge in [0.05, 0.1) is 0 Å². The topological polar surface area (TPSA) is 60.1 Å². The van der Waals surface area contributed by atoms with E-state index in [0.29, 0.717) is 18.0 Å². The minimum Gasteiger partial charge on any atom is -0.441 e. The van der Waals surface area contributed by atoms with Gasteiger partial charge in [-0.25, -0.2) is 4.98 Å². The van der Waals surface area contributed by atoms with Gasteiger partial charge in [-0.2, -0.15) is 0 Å². The monoisotopic (exact) mass is 345 g/mol. The molecule has 2 aromatic carbocycles. The molecule has 26 heavy (non-hydrogen) atoms. The molecule has 5 nitrogen and oxygen atoms in total. The summed E-state index contributed by atoms with van der Waals surface area (Å²) in [5.74, 6) is 0.592. The van der Waals surface area contributed by atoms with E-state index in [1.54, 1.807) is 0 Å². The number of amides is 1. The van der Waals surface area contributed by atoms with Gasteiger partial charge in [-0.3, -0.25) is 4.79 Å². The van der Waals surface area contributed by atoms with Gasteiger partial charge < -0.3 is 14.3 Å². The Hall–Kier alpha value is -3.34. The third kappa shape index (κ3) is 3.37. The second-order valence-electron chi connectivity index (χ2n) is 6.18. The number of nitrogens with zero attached hydrogens (tertiary/aromatic N) is 2. The van der Waals surface area contributed by atoms with Crippen molar-refractivity contribution in [3.05, 3.63) is 84.0 Å². The predicted molar refractivity (Wildman–Crippen MR) is 101 cm³/mol. The van der Waals surface area contributed by atoms with E-state index in [1.807, 2.05) is 78.5 Å². The predicted octanol–water partition coefficient (Wildman–Crippen LogP) is 3.90. The van der Waals surface area contributed by atoms with Gasteiger partial charge in [0, 0.05) is 37.1 Å². The van der Waals surface area contributed by atoms with Gasteiger partial charge in [-0.1, -0.05) is 6.07 Å². The quantitative estimate of drug-likeness (QED) is 0.597. The number of rotatable bonds is 5. The third-order valence-corrected chi connectivity index (χ3v) is 4.29. The lowest BCUT2D eigenvalue weighted by Gasteiger charge is -2.07. The maximum absolute atomic E-state index is 12.3. The molecular weight excluding hydrogens is 326 g/mol. The molecule has 1 amide bonds. The molecule has 0 radical (unpaired) electrons. The molecule has 0 bridgehead atoms. The number of nitrogens with one attached hydrogen (secondary N) is 1. The highest BCUT2D eigenvalue weighted by Gasteiger charge is 2.07. The highest BCUT2D eigenvalue weighted by molar-refractivity contribution is 5.94. The van der Waals surface area contributed by atoms with Crippen molar-refractivity contribution in [1.82, 2.24) is 14.9 Å². The summed E-state index contributed by atoms with van der Waals surface area (Å²) in [7, 11) is 0. The highest BCUT2D eigenvalue weighted by Crippen LogP contribution is 2.17. The van der Waals surface area contributed by atoms with Crippen molar-refractivity contribution in [2.24, 2.45) is 0 Å². The lowest BCUT2D eigenvalue weighted by molar-refractivity contribution is 0.0954. The van der Waals surface area contributed by atoms with Gasteiger partial charge in [0.1, 0.15) is 5.52 Å². The van der Waals surface area contributed by atoms with Crippen molar-refractivity contribution in [3.8, 4) is 5.69 Å². The summed E-state index contributed by atoms with van der Waals surface area (Å²) in [6.45, 7) is 2.40. The molecule has 0 aliphatic heterocycles. The Morgan fingerprint density at radius 1 is 1.12 bits per heavy atom. The van der Waals surface area contributed by atoms with Gasteiger partial charge in [0.25, 0.3) is 5.91 Å². The van der Waals surface area contributed by atoms with Crippen LogP contribution in [0.15, 0.2) is 71.4 Å². The summed E-state index contributed by atoms with van der Waals surface area (Å²) >= 11 is 0. The number of benzene rings is 2. The first kappa shape index (κ1) is 16.1. The fourth-order valence-corrected chi connectivity index (χ4v) is 2.95. The summed E-state index contributed by atoms with van der Waals surface area (Å²) in [6, 6.07) is 17.4. The molecule has 130 valence electrons. The SMILES string of the molecule is Cc1nc2ccc(CCNC(=O)c3ccc(-n4cccc4)cc3)cc2o1. The Balaban J connectivity index is 1.35. The van der Waals surface area contributed by atoms with Crippen LogP contribution in [0.2, 0.25) is 0 Å². The summed E-state index contributed by atoms with van der Waals surface area (Å²) < 4.78 is 7.55. The summed E-state index contributed by atoms with van der Waals surface area (Å²) in [6.07, 6.45) is 4.69. The zero-order valence-corrected chi connectivity index (χ0v) is 14.5. The molecule has 0 spiro atoms. The number of fused-ring (bicyclic) bond motifs is 1. The molecule has 0 saturated heterocycles. The zero-order valence-electron chi connectivity index (χ0n) is 14.5. The number of aryl methyl sites for hydroxylation is 1. The van der Waals surface area contributed by atoms with Crippen molar-refractivity contribution < 1.29 is 9.21 Å². The highest BCUT2D eigenvalue weighted by atomic mass is 16.3. The van der Waals surface area contributed by atoms with E-state index < -0.39 is 0 Å². The number of carbonyl (C=O) groups excluding carboxylic acids is 1. The minimum atomic E-state index is -0.0688. The normalized spacial score (nSPS) is 11.0. The van der Waals surface area contributed by atoms with Gasteiger partial charge in [-0.15, -0.1) is 0 Å². The van der Waals surface area contributed by atoms with Crippen LogP contribution in [-0.4, -0.2) is 22.0 Å². The molecule has 4 rings (SSSR count). The lowest BCUT2D eigenvalue weighted by atomic mass is 10.1.